The summed E-state index contributed by atoms with van der Waals surface area (Å²) >= 11 is 1.66. The van der Waals surface area contributed by atoms with Crippen molar-refractivity contribution in [3.8, 4) is 5.75 Å². The molecule has 1 N–H and O–H groups in total. The summed E-state index contributed by atoms with van der Waals surface area (Å²) in [6, 6.07) is 16.0. The lowest BCUT2D eigenvalue weighted by molar-refractivity contribution is -0.132. The van der Waals surface area contributed by atoms with Gasteiger partial charge in [-0.3, -0.25) is 9.59 Å². The number of fused-ring (bicyclic) bond motifs is 1. The third-order valence-electron chi connectivity index (χ3n) is 6.41. The van der Waals surface area contributed by atoms with Crippen LogP contribution in [-0.4, -0.2) is 42.2 Å². The first-order valence-electron chi connectivity index (χ1n) is 11.1. The van der Waals surface area contributed by atoms with Gasteiger partial charge < -0.3 is 15.0 Å². The number of benzene rings is 2. The molecule has 0 aromatic heterocycles. The highest BCUT2D eigenvalue weighted by Gasteiger charge is 2.42. The Morgan fingerprint density at radius 1 is 1.22 bits per heavy atom. The highest BCUT2D eigenvalue weighted by molar-refractivity contribution is 8.04. The molecule has 168 valence electrons. The smallest absolute Gasteiger partial charge is 0.260 e. The molecule has 0 spiro atoms. The Bertz CT molecular complexity index is 1020. The topological polar surface area (TPSA) is 58.6 Å². The Kier molecular flexibility index (Phi) is 6.89. The fourth-order valence-corrected chi connectivity index (χ4v) is 5.94. The normalized spacial score (nSPS) is 24.2. The Morgan fingerprint density at radius 3 is 2.75 bits per heavy atom. The number of nitrogens with zero attached hydrogens (tertiary/aromatic N) is 1. The van der Waals surface area contributed by atoms with E-state index in [0.717, 1.165) is 34.6 Å². The third-order valence-corrected chi connectivity index (χ3v) is 7.81. The molecular weight excluding hydrogens is 420 g/mol. The van der Waals surface area contributed by atoms with E-state index in [1.165, 1.54) is 5.56 Å². The van der Waals surface area contributed by atoms with Crippen LogP contribution in [0.3, 0.4) is 0 Å². The van der Waals surface area contributed by atoms with Gasteiger partial charge in [-0.05, 0) is 55.5 Å². The van der Waals surface area contributed by atoms with Gasteiger partial charge in [0.05, 0.1) is 12.0 Å². The largest absolute Gasteiger partial charge is 0.497 e. The molecule has 0 radical (unpaired) electrons. The minimum absolute atomic E-state index is 0.0276. The molecule has 2 aromatic rings. The second kappa shape index (κ2) is 9.82. The molecular formula is C26H30N2O3S. The zero-order valence-corrected chi connectivity index (χ0v) is 19.7. The number of carbonyl (C=O) groups excluding carboxylic acids is 2. The standard InChI is InChI=1S/C26H30N2O3S/c1-17-7-9-18(10-8-17)16-27-25(29)20-11-12-23-22(15-20)28(2)26(30)24(32-23)14-19-5-4-6-21(13-19)31-3/h4-10,13-14,20,22-23H,11-12,15-16H2,1-3H3,(H,27,29)/b24-14-. The zero-order chi connectivity index (χ0) is 22.7. The van der Waals surface area contributed by atoms with Gasteiger partial charge in [0.2, 0.25) is 5.91 Å². The van der Waals surface area contributed by atoms with E-state index in [2.05, 4.69) is 24.4 Å². The summed E-state index contributed by atoms with van der Waals surface area (Å²) < 4.78 is 5.30. The molecule has 3 unspecified atom stereocenters. The second-order valence-electron chi connectivity index (χ2n) is 8.64. The van der Waals surface area contributed by atoms with E-state index in [-0.39, 0.29) is 23.8 Å². The number of rotatable bonds is 5. The Morgan fingerprint density at radius 2 is 2.00 bits per heavy atom. The summed E-state index contributed by atoms with van der Waals surface area (Å²) in [6.45, 7) is 2.60. The summed E-state index contributed by atoms with van der Waals surface area (Å²) in [5.74, 6) is 0.838. The van der Waals surface area contributed by atoms with Gasteiger partial charge in [-0.1, -0.05) is 42.0 Å². The highest BCUT2D eigenvalue weighted by Crippen LogP contribution is 2.43. The maximum Gasteiger partial charge on any atom is 0.260 e. The van der Waals surface area contributed by atoms with Crippen molar-refractivity contribution in [2.45, 2.75) is 44.0 Å². The monoisotopic (exact) mass is 450 g/mol. The molecule has 4 rings (SSSR count). The van der Waals surface area contributed by atoms with Crippen LogP contribution >= 0.6 is 11.8 Å². The van der Waals surface area contributed by atoms with E-state index in [1.54, 1.807) is 18.9 Å². The molecule has 1 heterocycles. The minimum atomic E-state index is -0.0542. The SMILES string of the molecule is COc1cccc(/C=C2\SC3CCC(C(=O)NCc4ccc(C)cc4)CC3N(C)C2=O)c1. The number of amides is 2. The average Bonchev–Trinajstić information content (AvgIpc) is 2.81. The minimum Gasteiger partial charge on any atom is -0.497 e. The number of thioether (sulfide) groups is 1. The van der Waals surface area contributed by atoms with E-state index in [0.29, 0.717) is 18.2 Å². The quantitative estimate of drug-likeness (QED) is 0.686. The van der Waals surface area contributed by atoms with Crippen LogP contribution in [0.1, 0.15) is 36.0 Å². The van der Waals surface area contributed by atoms with Crippen LogP contribution in [0, 0.1) is 12.8 Å². The molecule has 32 heavy (non-hydrogen) atoms. The van der Waals surface area contributed by atoms with Crippen LogP contribution < -0.4 is 10.1 Å². The van der Waals surface area contributed by atoms with Crippen LogP contribution in [0.2, 0.25) is 0 Å². The first-order valence-corrected chi connectivity index (χ1v) is 12.0. The Balaban J connectivity index is 1.39. The summed E-state index contributed by atoms with van der Waals surface area (Å²) in [5.41, 5.74) is 3.27. The predicted octanol–water partition coefficient (Wildman–Crippen LogP) is 4.40. The van der Waals surface area contributed by atoms with Gasteiger partial charge in [0.1, 0.15) is 5.75 Å². The van der Waals surface area contributed by atoms with E-state index in [4.69, 9.17) is 4.74 Å². The summed E-state index contributed by atoms with van der Waals surface area (Å²) in [5, 5.41) is 3.40. The maximum absolute atomic E-state index is 13.1. The van der Waals surface area contributed by atoms with Gasteiger partial charge in [-0.25, -0.2) is 0 Å². The molecule has 1 saturated carbocycles. The third kappa shape index (κ3) is 5.01. The molecule has 2 fully saturated rings. The number of ether oxygens (including phenoxy) is 1. The van der Waals surface area contributed by atoms with Gasteiger partial charge >= 0.3 is 0 Å². The van der Waals surface area contributed by atoms with Crippen LogP contribution in [0.15, 0.2) is 53.4 Å². The Labute approximate surface area is 194 Å². The van der Waals surface area contributed by atoms with Crippen molar-refractivity contribution in [3.63, 3.8) is 0 Å². The lowest BCUT2D eigenvalue weighted by atomic mass is 9.83. The molecule has 6 heteroatoms. The van der Waals surface area contributed by atoms with Gasteiger partial charge in [0, 0.05) is 30.8 Å². The van der Waals surface area contributed by atoms with Crippen molar-refractivity contribution in [3.05, 3.63) is 70.1 Å². The van der Waals surface area contributed by atoms with Gasteiger partial charge in [0.15, 0.2) is 0 Å². The predicted molar refractivity (Wildman–Crippen MR) is 129 cm³/mol. The highest BCUT2D eigenvalue weighted by atomic mass is 32.2. The number of nitrogens with one attached hydrogen (secondary N) is 1. The van der Waals surface area contributed by atoms with Gasteiger partial charge in [-0.2, -0.15) is 0 Å². The molecule has 2 aromatic carbocycles. The van der Waals surface area contributed by atoms with Crippen molar-refractivity contribution in [2.24, 2.45) is 5.92 Å². The van der Waals surface area contributed by atoms with E-state index >= 15 is 0 Å². The summed E-state index contributed by atoms with van der Waals surface area (Å²) in [7, 11) is 3.51. The molecule has 1 saturated heterocycles. The fraction of sp³-hybridized carbons (Fsp3) is 0.385. The number of hydrogen-bond donors (Lipinski definition) is 1. The fourth-order valence-electron chi connectivity index (χ4n) is 4.46. The van der Waals surface area contributed by atoms with Gasteiger partial charge in [-0.15, -0.1) is 11.8 Å². The van der Waals surface area contributed by atoms with Crippen LogP contribution in [-0.2, 0) is 16.1 Å². The molecule has 1 aliphatic carbocycles. The van der Waals surface area contributed by atoms with Crippen molar-refractivity contribution in [1.29, 1.82) is 0 Å². The number of methoxy groups -OCH3 is 1. The average molecular weight is 451 g/mol. The molecule has 2 amide bonds. The lowest BCUT2D eigenvalue weighted by Gasteiger charge is -2.44. The maximum atomic E-state index is 13.1. The number of carbonyl (C=O) groups is 2. The van der Waals surface area contributed by atoms with Crippen LogP contribution in [0.4, 0.5) is 0 Å². The lowest BCUT2D eigenvalue weighted by Crippen LogP contribution is -2.52. The molecule has 0 bridgehead atoms. The zero-order valence-electron chi connectivity index (χ0n) is 18.8. The van der Waals surface area contributed by atoms with Crippen LogP contribution in [0.25, 0.3) is 6.08 Å². The summed E-state index contributed by atoms with van der Waals surface area (Å²) in [6.07, 6.45) is 4.43. The first kappa shape index (κ1) is 22.5. The second-order valence-corrected chi connectivity index (χ2v) is 9.92. The van der Waals surface area contributed by atoms with Gasteiger partial charge in [0.25, 0.3) is 5.91 Å². The number of likely N-dealkylation sites (N-methyl/N-ethyl adjacent to an activating group) is 1. The number of aryl methyl sites for hydroxylation is 1. The molecule has 1 aliphatic heterocycles. The van der Waals surface area contributed by atoms with Crippen molar-refractivity contribution >= 4 is 29.7 Å². The van der Waals surface area contributed by atoms with E-state index < -0.39 is 0 Å². The van der Waals surface area contributed by atoms with E-state index in [9.17, 15) is 9.59 Å². The Hall–Kier alpha value is -2.73. The van der Waals surface area contributed by atoms with Crippen molar-refractivity contribution < 1.29 is 14.3 Å². The van der Waals surface area contributed by atoms with Crippen LogP contribution in [0.5, 0.6) is 5.75 Å². The molecule has 2 aliphatic rings. The number of hydrogen-bond acceptors (Lipinski definition) is 4. The van der Waals surface area contributed by atoms with Crippen molar-refractivity contribution in [2.75, 3.05) is 14.2 Å². The first-order chi connectivity index (χ1) is 15.4. The molecule has 5 nitrogen and oxygen atoms in total. The van der Waals surface area contributed by atoms with Crippen molar-refractivity contribution in [1.82, 2.24) is 10.2 Å². The summed E-state index contributed by atoms with van der Waals surface area (Å²) in [4.78, 5) is 28.5. The molecule has 3 atom stereocenters. The van der Waals surface area contributed by atoms with E-state index in [1.807, 2.05) is 54.4 Å².